The van der Waals surface area contributed by atoms with Crippen LogP contribution in [0.4, 0.5) is 0 Å². The number of aryl methyl sites for hydroxylation is 2. The van der Waals surface area contributed by atoms with E-state index in [1.165, 1.54) is 0 Å². The number of nitrogens with zero attached hydrogens (tertiary/aromatic N) is 1. The number of hydrogen-bond acceptors (Lipinski definition) is 4. The molecule has 0 fully saturated rings. The lowest BCUT2D eigenvalue weighted by atomic mass is 10.0. The van der Waals surface area contributed by atoms with E-state index in [1.54, 1.807) is 16.2 Å². The Bertz CT molecular complexity index is 988. The Hall–Kier alpha value is -2.40. The van der Waals surface area contributed by atoms with Gasteiger partial charge in [-0.3, -0.25) is 4.79 Å². The van der Waals surface area contributed by atoms with E-state index in [2.05, 4.69) is 0 Å². The third kappa shape index (κ3) is 3.58. The molecule has 0 radical (unpaired) electrons. The first-order valence-corrected chi connectivity index (χ1v) is 9.58. The van der Waals surface area contributed by atoms with Crippen LogP contribution in [0, 0.1) is 13.8 Å². The molecule has 26 heavy (non-hydrogen) atoms. The maximum atomic E-state index is 12.6. The zero-order valence-electron chi connectivity index (χ0n) is 15.5. The minimum Gasteiger partial charge on any atom is -0.423 e. The second kappa shape index (κ2) is 7.46. The topological polar surface area (TPSA) is 50.5 Å². The van der Waals surface area contributed by atoms with Gasteiger partial charge in [-0.1, -0.05) is 18.2 Å². The zero-order valence-corrected chi connectivity index (χ0v) is 16.4. The SMILES string of the molecule is Cc1ccc2c(C)c(CCC(=O)N(C)C(C)c3cccs3)c(=O)oc2c1. The number of rotatable bonds is 5. The highest BCUT2D eigenvalue weighted by Gasteiger charge is 2.19. The second-order valence-electron chi connectivity index (χ2n) is 6.69. The van der Waals surface area contributed by atoms with E-state index in [0.717, 1.165) is 21.4 Å². The van der Waals surface area contributed by atoms with E-state index in [4.69, 9.17) is 4.42 Å². The summed E-state index contributed by atoms with van der Waals surface area (Å²) in [6, 6.07) is 9.89. The quantitative estimate of drug-likeness (QED) is 0.617. The number of hydrogen-bond donors (Lipinski definition) is 0. The summed E-state index contributed by atoms with van der Waals surface area (Å²) in [6.45, 7) is 5.90. The third-order valence-electron chi connectivity index (χ3n) is 4.96. The Balaban J connectivity index is 1.78. The first-order chi connectivity index (χ1) is 12.4. The van der Waals surface area contributed by atoms with Crippen LogP contribution < -0.4 is 5.63 Å². The Morgan fingerprint density at radius 2 is 2.04 bits per heavy atom. The molecule has 0 saturated carbocycles. The highest BCUT2D eigenvalue weighted by atomic mass is 32.1. The fourth-order valence-electron chi connectivity index (χ4n) is 3.13. The molecule has 3 aromatic rings. The molecule has 2 heterocycles. The lowest BCUT2D eigenvalue weighted by molar-refractivity contribution is -0.131. The number of carbonyl (C=O) groups excluding carboxylic acids is 1. The number of carbonyl (C=O) groups is 1. The molecule has 1 amide bonds. The molecule has 0 saturated heterocycles. The normalized spacial score (nSPS) is 12.3. The Morgan fingerprint density at radius 3 is 2.73 bits per heavy atom. The minimum atomic E-state index is -0.345. The smallest absolute Gasteiger partial charge is 0.339 e. The molecule has 0 aliphatic carbocycles. The molecule has 1 aromatic carbocycles. The van der Waals surface area contributed by atoms with Gasteiger partial charge in [-0.05, 0) is 55.8 Å². The van der Waals surface area contributed by atoms with Crippen molar-refractivity contribution in [2.75, 3.05) is 7.05 Å². The summed E-state index contributed by atoms with van der Waals surface area (Å²) in [5, 5.41) is 2.94. The van der Waals surface area contributed by atoms with E-state index < -0.39 is 0 Å². The van der Waals surface area contributed by atoms with Gasteiger partial charge in [-0.2, -0.15) is 0 Å². The van der Waals surface area contributed by atoms with Crippen LogP contribution in [0.3, 0.4) is 0 Å². The van der Waals surface area contributed by atoms with Crippen molar-refractivity contribution in [1.29, 1.82) is 0 Å². The maximum absolute atomic E-state index is 12.6. The average molecular weight is 369 g/mol. The molecule has 4 nitrogen and oxygen atoms in total. The van der Waals surface area contributed by atoms with Gasteiger partial charge in [0.15, 0.2) is 0 Å². The summed E-state index contributed by atoms with van der Waals surface area (Å²) in [7, 11) is 1.81. The van der Waals surface area contributed by atoms with Gasteiger partial charge in [0.05, 0.1) is 6.04 Å². The summed E-state index contributed by atoms with van der Waals surface area (Å²) in [5.74, 6) is 0.0219. The van der Waals surface area contributed by atoms with Crippen molar-refractivity contribution in [2.24, 2.45) is 0 Å². The van der Waals surface area contributed by atoms with Gasteiger partial charge in [0.1, 0.15) is 5.58 Å². The Labute approximate surface area is 157 Å². The number of thiophene rings is 1. The van der Waals surface area contributed by atoms with Gasteiger partial charge in [-0.25, -0.2) is 4.79 Å². The van der Waals surface area contributed by atoms with Crippen molar-refractivity contribution in [3.63, 3.8) is 0 Å². The molecule has 136 valence electrons. The van der Waals surface area contributed by atoms with Gasteiger partial charge in [0, 0.05) is 29.3 Å². The van der Waals surface area contributed by atoms with Gasteiger partial charge in [-0.15, -0.1) is 11.3 Å². The fourth-order valence-corrected chi connectivity index (χ4v) is 3.96. The van der Waals surface area contributed by atoms with E-state index >= 15 is 0 Å². The summed E-state index contributed by atoms with van der Waals surface area (Å²) in [5.41, 5.74) is 2.80. The first-order valence-electron chi connectivity index (χ1n) is 8.70. The molecule has 2 aromatic heterocycles. The summed E-state index contributed by atoms with van der Waals surface area (Å²) >= 11 is 1.64. The largest absolute Gasteiger partial charge is 0.423 e. The second-order valence-corrected chi connectivity index (χ2v) is 7.67. The lowest BCUT2D eigenvalue weighted by Gasteiger charge is -2.24. The van der Waals surface area contributed by atoms with Crippen molar-refractivity contribution in [3.8, 4) is 0 Å². The van der Waals surface area contributed by atoms with Gasteiger partial charge < -0.3 is 9.32 Å². The minimum absolute atomic E-state index is 0.0219. The van der Waals surface area contributed by atoms with Crippen molar-refractivity contribution in [1.82, 2.24) is 4.90 Å². The van der Waals surface area contributed by atoms with E-state index in [1.807, 2.05) is 63.5 Å². The average Bonchev–Trinajstić information content (AvgIpc) is 3.14. The molecule has 1 unspecified atom stereocenters. The highest BCUT2D eigenvalue weighted by Crippen LogP contribution is 2.25. The monoisotopic (exact) mass is 369 g/mol. The predicted octanol–water partition coefficient (Wildman–Crippen LogP) is 4.62. The Morgan fingerprint density at radius 1 is 1.27 bits per heavy atom. The molecule has 0 aliphatic rings. The highest BCUT2D eigenvalue weighted by molar-refractivity contribution is 7.10. The van der Waals surface area contributed by atoms with Crippen LogP contribution in [0.5, 0.6) is 0 Å². The van der Waals surface area contributed by atoms with Gasteiger partial charge >= 0.3 is 5.63 Å². The van der Waals surface area contributed by atoms with Crippen molar-refractivity contribution in [3.05, 3.63) is 67.7 Å². The maximum Gasteiger partial charge on any atom is 0.339 e. The van der Waals surface area contributed by atoms with Crippen molar-refractivity contribution in [2.45, 2.75) is 39.7 Å². The molecule has 3 rings (SSSR count). The Kier molecular flexibility index (Phi) is 5.28. The van der Waals surface area contributed by atoms with Crippen LogP contribution in [0.2, 0.25) is 0 Å². The zero-order chi connectivity index (χ0) is 18.8. The molecule has 1 atom stereocenters. The van der Waals surface area contributed by atoms with E-state index in [9.17, 15) is 9.59 Å². The van der Waals surface area contributed by atoms with Crippen LogP contribution >= 0.6 is 11.3 Å². The molecule has 0 aliphatic heterocycles. The van der Waals surface area contributed by atoms with Crippen LogP contribution in [0.15, 0.2) is 44.9 Å². The number of benzene rings is 1. The number of fused-ring (bicyclic) bond motifs is 1. The van der Waals surface area contributed by atoms with Gasteiger partial charge in [0.25, 0.3) is 0 Å². The van der Waals surface area contributed by atoms with Crippen LogP contribution in [0.25, 0.3) is 11.0 Å². The van der Waals surface area contributed by atoms with Crippen molar-refractivity contribution < 1.29 is 9.21 Å². The molecule has 0 spiro atoms. The predicted molar refractivity (Wildman–Crippen MR) is 106 cm³/mol. The fraction of sp³-hybridized carbons (Fsp3) is 0.333. The molecule has 5 heteroatoms. The lowest BCUT2D eigenvalue weighted by Crippen LogP contribution is -2.29. The third-order valence-corrected chi connectivity index (χ3v) is 6.00. The standard InChI is InChI=1S/C21H23NO3S/c1-13-7-8-16-14(2)17(21(24)25-18(16)12-13)9-10-20(23)22(4)15(3)19-6-5-11-26-19/h5-8,11-12,15H,9-10H2,1-4H3. The molecule has 0 N–H and O–H groups in total. The molecule has 0 bridgehead atoms. The van der Waals surface area contributed by atoms with E-state index in [-0.39, 0.29) is 24.0 Å². The molecular formula is C21H23NO3S. The first kappa shape index (κ1) is 18.4. The summed E-state index contributed by atoms with van der Waals surface area (Å²) < 4.78 is 5.47. The summed E-state index contributed by atoms with van der Waals surface area (Å²) in [4.78, 5) is 27.9. The van der Waals surface area contributed by atoms with Gasteiger partial charge in [0.2, 0.25) is 5.91 Å². The van der Waals surface area contributed by atoms with Crippen LogP contribution in [-0.4, -0.2) is 17.9 Å². The molecular weight excluding hydrogens is 346 g/mol. The van der Waals surface area contributed by atoms with Crippen molar-refractivity contribution >= 4 is 28.2 Å². The van der Waals surface area contributed by atoms with Crippen LogP contribution in [-0.2, 0) is 11.2 Å². The summed E-state index contributed by atoms with van der Waals surface area (Å²) in [6.07, 6.45) is 0.674. The van der Waals surface area contributed by atoms with Crippen LogP contribution in [0.1, 0.15) is 41.0 Å². The number of amides is 1. The van der Waals surface area contributed by atoms with E-state index in [0.29, 0.717) is 17.6 Å².